The van der Waals surface area contributed by atoms with E-state index in [0.717, 1.165) is 18.5 Å². The molecule has 0 aromatic rings. The first kappa shape index (κ1) is 13.0. The predicted molar refractivity (Wildman–Crippen MR) is 68.0 cm³/mol. The van der Waals surface area contributed by atoms with E-state index in [4.69, 9.17) is 0 Å². The Labute approximate surface area is 96.0 Å². The highest BCUT2D eigenvalue weighted by atomic mass is 14.9. The maximum absolute atomic E-state index is 3.75. The first-order valence-corrected chi connectivity index (χ1v) is 6.43. The molecule has 1 heteroatoms. The largest absolute Gasteiger partial charge is 0.313 e. The number of hydrogen-bond donors (Lipinski definition) is 1. The van der Waals surface area contributed by atoms with Gasteiger partial charge in [0.15, 0.2) is 0 Å². The Morgan fingerprint density at radius 2 is 1.87 bits per heavy atom. The molecule has 90 valence electrons. The molecule has 0 saturated heterocycles. The van der Waals surface area contributed by atoms with Gasteiger partial charge in [-0.2, -0.15) is 0 Å². The smallest absolute Gasteiger partial charge is 0.00933 e. The van der Waals surface area contributed by atoms with Gasteiger partial charge in [0.2, 0.25) is 0 Å². The van der Waals surface area contributed by atoms with Crippen LogP contribution >= 0.6 is 0 Å². The minimum Gasteiger partial charge on any atom is -0.313 e. The lowest BCUT2D eigenvalue weighted by Gasteiger charge is -2.40. The van der Waals surface area contributed by atoms with E-state index < -0.39 is 0 Å². The molecule has 0 heterocycles. The van der Waals surface area contributed by atoms with E-state index in [-0.39, 0.29) is 0 Å². The molecular formula is C14H29N. The molecule has 1 fully saturated rings. The molecule has 1 rings (SSSR count). The summed E-state index contributed by atoms with van der Waals surface area (Å²) in [4.78, 5) is 0. The van der Waals surface area contributed by atoms with E-state index in [0.29, 0.717) is 10.8 Å². The quantitative estimate of drug-likeness (QED) is 0.732. The predicted octanol–water partition coefficient (Wildman–Crippen LogP) is 3.84. The van der Waals surface area contributed by atoms with Crippen molar-refractivity contribution in [3.05, 3.63) is 0 Å². The van der Waals surface area contributed by atoms with Crippen LogP contribution in [0.5, 0.6) is 0 Å². The minimum absolute atomic E-state index is 0.409. The maximum atomic E-state index is 3.75. The Hall–Kier alpha value is -0.0400. The van der Waals surface area contributed by atoms with E-state index in [1.165, 1.54) is 19.3 Å². The molecule has 1 aliphatic rings. The molecule has 2 atom stereocenters. The normalized spacial score (nSPS) is 31.6. The van der Waals surface area contributed by atoms with Crippen molar-refractivity contribution in [3.8, 4) is 0 Å². The fourth-order valence-electron chi connectivity index (χ4n) is 2.69. The van der Waals surface area contributed by atoms with Gasteiger partial charge in [0.05, 0.1) is 0 Å². The molecule has 2 unspecified atom stereocenters. The lowest BCUT2D eigenvalue weighted by atomic mass is 9.70. The van der Waals surface area contributed by atoms with Crippen molar-refractivity contribution >= 4 is 0 Å². The first-order valence-electron chi connectivity index (χ1n) is 6.43. The van der Waals surface area contributed by atoms with Gasteiger partial charge in [-0.25, -0.2) is 0 Å². The summed E-state index contributed by atoms with van der Waals surface area (Å²) < 4.78 is 0. The van der Waals surface area contributed by atoms with Gasteiger partial charge < -0.3 is 5.32 Å². The Morgan fingerprint density at radius 3 is 2.33 bits per heavy atom. The molecule has 0 aromatic carbocycles. The molecule has 0 radical (unpaired) electrons. The van der Waals surface area contributed by atoms with Crippen LogP contribution in [0, 0.1) is 16.7 Å². The number of hydrogen-bond acceptors (Lipinski definition) is 1. The van der Waals surface area contributed by atoms with Crippen molar-refractivity contribution in [3.63, 3.8) is 0 Å². The molecule has 0 aliphatic heterocycles. The zero-order valence-corrected chi connectivity index (χ0v) is 11.5. The number of nitrogens with one attached hydrogen (secondary N) is 1. The van der Waals surface area contributed by atoms with Crippen molar-refractivity contribution in [2.24, 2.45) is 16.7 Å². The fourth-order valence-corrected chi connectivity index (χ4v) is 2.69. The van der Waals surface area contributed by atoms with E-state index >= 15 is 0 Å². The standard InChI is InChI=1S/C14H29N/c1-11-9-14(5,6)8-7-12(11)15-10-13(2,3)4/h11-12,15H,7-10H2,1-6H3. The van der Waals surface area contributed by atoms with E-state index in [1.54, 1.807) is 0 Å². The average molecular weight is 211 g/mol. The molecule has 0 bridgehead atoms. The van der Waals surface area contributed by atoms with Crippen LogP contribution in [0.3, 0.4) is 0 Å². The van der Waals surface area contributed by atoms with Crippen LogP contribution in [0.4, 0.5) is 0 Å². The van der Waals surface area contributed by atoms with Gasteiger partial charge >= 0.3 is 0 Å². The molecule has 0 aromatic heterocycles. The van der Waals surface area contributed by atoms with Crippen LogP contribution in [0.2, 0.25) is 0 Å². The average Bonchev–Trinajstić information content (AvgIpc) is 1.99. The lowest BCUT2D eigenvalue weighted by molar-refractivity contribution is 0.142. The van der Waals surface area contributed by atoms with Crippen molar-refractivity contribution in [2.45, 2.75) is 66.8 Å². The summed E-state index contributed by atoms with van der Waals surface area (Å²) >= 11 is 0. The molecule has 0 spiro atoms. The monoisotopic (exact) mass is 211 g/mol. The van der Waals surface area contributed by atoms with Gasteiger partial charge in [-0.05, 0) is 36.0 Å². The summed E-state index contributed by atoms with van der Waals surface area (Å²) in [5.74, 6) is 0.830. The summed E-state index contributed by atoms with van der Waals surface area (Å²) in [5, 5.41) is 3.75. The lowest BCUT2D eigenvalue weighted by Crippen LogP contribution is -2.44. The van der Waals surface area contributed by atoms with Crippen LogP contribution in [0.15, 0.2) is 0 Å². The van der Waals surface area contributed by atoms with Crippen LogP contribution in [-0.2, 0) is 0 Å². The molecule has 0 amide bonds. The SMILES string of the molecule is CC1CC(C)(C)CCC1NCC(C)(C)C. The summed E-state index contributed by atoms with van der Waals surface area (Å²) in [7, 11) is 0. The highest BCUT2D eigenvalue weighted by molar-refractivity contribution is 4.87. The van der Waals surface area contributed by atoms with E-state index in [2.05, 4.69) is 46.9 Å². The van der Waals surface area contributed by atoms with Gasteiger partial charge in [0.25, 0.3) is 0 Å². The second-order valence-corrected chi connectivity index (χ2v) is 7.43. The van der Waals surface area contributed by atoms with Crippen molar-refractivity contribution in [1.82, 2.24) is 5.32 Å². The Kier molecular flexibility index (Phi) is 3.86. The molecule has 15 heavy (non-hydrogen) atoms. The highest BCUT2D eigenvalue weighted by Gasteiger charge is 2.32. The first-order chi connectivity index (χ1) is 6.70. The van der Waals surface area contributed by atoms with Crippen molar-refractivity contribution in [1.29, 1.82) is 0 Å². The van der Waals surface area contributed by atoms with Gasteiger partial charge in [0.1, 0.15) is 0 Å². The molecular weight excluding hydrogens is 182 g/mol. The second kappa shape index (κ2) is 4.45. The van der Waals surface area contributed by atoms with Gasteiger partial charge in [-0.3, -0.25) is 0 Å². The van der Waals surface area contributed by atoms with Crippen LogP contribution in [0.25, 0.3) is 0 Å². The number of rotatable bonds is 2. The zero-order chi connectivity index (χ0) is 11.7. The van der Waals surface area contributed by atoms with E-state index in [1.807, 2.05) is 0 Å². The minimum atomic E-state index is 0.409. The third kappa shape index (κ3) is 4.55. The Balaban J connectivity index is 2.39. The summed E-state index contributed by atoms with van der Waals surface area (Å²) in [6, 6.07) is 0.747. The van der Waals surface area contributed by atoms with Crippen molar-refractivity contribution in [2.75, 3.05) is 6.54 Å². The fraction of sp³-hybridized carbons (Fsp3) is 1.00. The van der Waals surface area contributed by atoms with Crippen LogP contribution < -0.4 is 5.32 Å². The Morgan fingerprint density at radius 1 is 1.27 bits per heavy atom. The summed E-state index contributed by atoms with van der Waals surface area (Å²) in [6.07, 6.45) is 4.10. The van der Waals surface area contributed by atoms with Crippen LogP contribution in [-0.4, -0.2) is 12.6 Å². The third-order valence-corrected chi connectivity index (χ3v) is 3.59. The molecule has 1 N–H and O–H groups in total. The van der Waals surface area contributed by atoms with Crippen molar-refractivity contribution < 1.29 is 0 Å². The topological polar surface area (TPSA) is 12.0 Å². The molecule has 1 aliphatic carbocycles. The van der Waals surface area contributed by atoms with E-state index in [9.17, 15) is 0 Å². The van der Waals surface area contributed by atoms with Gasteiger partial charge in [0, 0.05) is 12.6 Å². The third-order valence-electron chi connectivity index (χ3n) is 3.59. The maximum Gasteiger partial charge on any atom is 0.00933 e. The molecule has 1 nitrogen and oxygen atoms in total. The van der Waals surface area contributed by atoms with Crippen LogP contribution in [0.1, 0.15) is 60.8 Å². The molecule has 1 saturated carbocycles. The van der Waals surface area contributed by atoms with Gasteiger partial charge in [-0.1, -0.05) is 41.5 Å². The van der Waals surface area contributed by atoms with Gasteiger partial charge in [-0.15, -0.1) is 0 Å². The summed E-state index contributed by atoms with van der Waals surface area (Å²) in [6.45, 7) is 15.3. The second-order valence-electron chi connectivity index (χ2n) is 7.43. The highest BCUT2D eigenvalue weighted by Crippen LogP contribution is 2.38. The Bertz CT molecular complexity index is 200. The zero-order valence-electron chi connectivity index (χ0n) is 11.5. The summed E-state index contributed by atoms with van der Waals surface area (Å²) in [5.41, 5.74) is 0.978.